The predicted molar refractivity (Wildman–Crippen MR) is 160 cm³/mol. The van der Waals surface area contributed by atoms with Crippen molar-refractivity contribution in [2.45, 2.75) is 30.7 Å². The number of phenolic OH excluding ortho intramolecular Hbond substituents is 4. The van der Waals surface area contributed by atoms with Crippen LogP contribution in [0.2, 0.25) is 0 Å². The number of rotatable bonds is 9. The number of aliphatic hydroxyl groups excluding tert-OH is 3. The summed E-state index contributed by atoms with van der Waals surface area (Å²) in [5.74, 6) is -1.92. The van der Waals surface area contributed by atoms with Gasteiger partial charge in [-0.05, 0) is 23.8 Å². The number of phenols is 4. The van der Waals surface area contributed by atoms with Crippen molar-refractivity contribution < 1.29 is 68.6 Å². The van der Waals surface area contributed by atoms with E-state index >= 15 is 0 Å². The Kier molecular flexibility index (Phi) is 9.34. The first-order valence-corrected chi connectivity index (χ1v) is 13.8. The summed E-state index contributed by atoms with van der Waals surface area (Å²) in [5, 5.41) is 72.4. The van der Waals surface area contributed by atoms with Gasteiger partial charge in [0.1, 0.15) is 53.7 Å². The maximum absolute atomic E-state index is 12.3. The molecule has 242 valence electrons. The Morgan fingerprint density at radius 2 is 1.52 bits per heavy atom. The maximum Gasteiger partial charge on any atom is 0.402 e. The average molecular weight is 640 g/mol. The molecule has 1 aliphatic heterocycles. The molecule has 4 aromatic rings. The summed E-state index contributed by atoms with van der Waals surface area (Å²) >= 11 is 0. The molecular weight excluding hydrogens is 608 g/mol. The van der Waals surface area contributed by atoms with E-state index < -0.39 is 43.3 Å². The van der Waals surface area contributed by atoms with Crippen molar-refractivity contribution in [2.24, 2.45) is 0 Å². The Morgan fingerprint density at radius 1 is 0.848 bits per heavy atom. The van der Waals surface area contributed by atoms with Crippen molar-refractivity contribution in [3.8, 4) is 51.6 Å². The lowest BCUT2D eigenvalue weighted by Gasteiger charge is -2.39. The van der Waals surface area contributed by atoms with Gasteiger partial charge < -0.3 is 59.4 Å². The minimum Gasteiger partial charge on any atom is -0.508 e. The van der Waals surface area contributed by atoms with Crippen LogP contribution in [0.1, 0.15) is 5.56 Å². The number of methoxy groups -OCH3 is 2. The fourth-order valence-corrected chi connectivity index (χ4v) is 4.74. The number of hydrogen-bond acceptors (Lipinski definition) is 13. The fourth-order valence-electron chi connectivity index (χ4n) is 4.74. The van der Waals surface area contributed by atoms with E-state index in [9.17, 15) is 40.5 Å². The molecule has 14 heteroatoms. The molecule has 1 aliphatic rings. The third kappa shape index (κ3) is 6.69. The van der Waals surface area contributed by atoms with Gasteiger partial charge in [0.2, 0.25) is 17.8 Å². The third-order valence-corrected chi connectivity index (χ3v) is 7.16. The Labute approximate surface area is 261 Å². The number of ether oxygens (including phenoxy) is 5. The highest BCUT2D eigenvalue weighted by molar-refractivity contribution is 5.89. The van der Waals surface area contributed by atoms with Gasteiger partial charge in [0, 0.05) is 30.3 Å². The number of benzene rings is 3. The number of aliphatic hydroxyl groups is 3. The molecule has 1 aromatic heterocycles. The summed E-state index contributed by atoms with van der Waals surface area (Å²) < 4.78 is 33.4. The lowest BCUT2D eigenvalue weighted by molar-refractivity contribution is -0.278. The molecule has 5 unspecified atom stereocenters. The summed E-state index contributed by atoms with van der Waals surface area (Å²) in [6, 6.07) is 12.5. The zero-order valence-electron chi connectivity index (χ0n) is 24.4. The van der Waals surface area contributed by atoms with Crippen molar-refractivity contribution in [1.82, 2.24) is 0 Å². The molecule has 46 heavy (non-hydrogen) atoms. The first-order valence-electron chi connectivity index (χ1n) is 13.8. The zero-order chi connectivity index (χ0) is 33.1. The molecule has 5 rings (SSSR count). The molecule has 0 aliphatic carbocycles. The molecule has 2 heterocycles. The van der Waals surface area contributed by atoms with E-state index in [-0.39, 0.29) is 62.5 Å². The van der Waals surface area contributed by atoms with Crippen LogP contribution < -0.4 is 14.2 Å². The Hall–Kier alpha value is -5.28. The van der Waals surface area contributed by atoms with E-state index in [4.69, 9.17) is 28.1 Å². The Balaban J connectivity index is 1.44. The van der Waals surface area contributed by atoms with E-state index in [0.717, 1.165) is 12.1 Å². The molecular formula is C32H31O14+. The highest BCUT2D eigenvalue weighted by Crippen LogP contribution is 2.45. The molecule has 1 fully saturated rings. The first kappa shape index (κ1) is 32.1. The normalized spacial score (nSPS) is 21.3. The van der Waals surface area contributed by atoms with Crippen LogP contribution in [-0.2, 0) is 14.3 Å². The maximum atomic E-state index is 12.3. The number of carbonyl (C=O) groups is 1. The lowest BCUT2D eigenvalue weighted by atomic mass is 9.99. The predicted octanol–water partition coefficient (Wildman–Crippen LogP) is 2.66. The lowest BCUT2D eigenvalue weighted by Crippen LogP contribution is -2.60. The quantitative estimate of drug-likeness (QED) is 0.0796. The zero-order valence-corrected chi connectivity index (χ0v) is 24.4. The van der Waals surface area contributed by atoms with Gasteiger partial charge in [-0.25, -0.2) is 9.21 Å². The van der Waals surface area contributed by atoms with Crippen LogP contribution in [0.15, 0.2) is 65.1 Å². The largest absolute Gasteiger partial charge is 0.508 e. The highest BCUT2D eigenvalue weighted by Gasteiger charge is 2.46. The van der Waals surface area contributed by atoms with Gasteiger partial charge in [-0.3, -0.25) is 0 Å². The van der Waals surface area contributed by atoms with Crippen LogP contribution in [0, 0.1) is 0 Å². The smallest absolute Gasteiger partial charge is 0.402 e. The second-order valence-electron chi connectivity index (χ2n) is 10.2. The van der Waals surface area contributed by atoms with Gasteiger partial charge in [-0.1, -0.05) is 12.1 Å². The molecule has 14 nitrogen and oxygen atoms in total. The van der Waals surface area contributed by atoms with Gasteiger partial charge in [-0.15, -0.1) is 0 Å². The van der Waals surface area contributed by atoms with Crippen LogP contribution in [0.3, 0.4) is 0 Å². The summed E-state index contributed by atoms with van der Waals surface area (Å²) in [4.78, 5) is 12.3. The fraction of sp³-hybridized carbons (Fsp3) is 0.250. The number of aromatic hydroxyl groups is 4. The molecule has 5 atom stereocenters. The average Bonchev–Trinajstić information content (AvgIpc) is 3.04. The standard InChI is InChI=1S/C32H30O14/c1-41-22-9-16(10-23(42-2)27(22)37)31-24(13-19-20(35)11-18(34)12-21(19)44-31)45-32-30(40)29(39)28(38)25(46-32)14-43-26(36)8-5-15-3-6-17(33)7-4-15/h3-13,25,28-30,32,38-40H,14H2,1-2H3,(H3-,33,34,35,36,37)/p+1. The minimum absolute atomic E-state index is 0.00295. The molecule has 0 amide bonds. The number of fused-ring (bicyclic) bond motifs is 1. The number of esters is 1. The topological polar surface area (TPSA) is 216 Å². The van der Waals surface area contributed by atoms with Gasteiger partial charge in [0.15, 0.2) is 11.5 Å². The van der Waals surface area contributed by atoms with Crippen molar-refractivity contribution in [3.05, 3.63) is 66.2 Å². The Bertz CT molecular complexity index is 1730. The monoisotopic (exact) mass is 639 g/mol. The molecule has 0 saturated carbocycles. The van der Waals surface area contributed by atoms with E-state index in [1.54, 1.807) is 12.1 Å². The minimum atomic E-state index is -1.81. The van der Waals surface area contributed by atoms with Crippen LogP contribution in [0.5, 0.6) is 40.2 Å². The number of hydrogen-bond donors (Lipinski definition) is 7. The first-order chi connectivity index (χ1) is 22.0. The number of carbonyl (C=O) groups excluding carboxylic acids is 1. The molecule has 7 N–H and O–H groups in total. The molecule has 0 spiro atoms. The molecule has 3 aromatic carbocycles. The third-order valence-electron chi connectivity index (χ3n) is 7.16. The van der Waals surface area contributed by atoms with Crippen molar-refractivity contribution in [1.29, 1.82) is 0 Å². The van der Waals surface area contributed by atoms with Gasteiger partial charge in [0.25, 0.3) is 0 Å². The second-order valence-corrected chi connectivity index (χ2v) is 10.2. The molecule has 1 saturated heterocycles. The summed E-state index contributed by atoms with van der Waals surface area (Å²) in [6.07, 6.45) is -5.74. The second kappa shape index (κ2) is 13.4. The summed E-state index contributed by atoms with van der Waals surface area (Å²) in [7, 11) is 2.64. The highest BCUT2D eigenvalue weighted by atomic mass is 16.7. The van der Waals surface area contributed by atoms with Crippen molar-refractivity contribution in [3.63, 3.8) is 0 Å². The van der Waals surface area contributed by atoms with E-state index in [1.807, 2.05) is 0 Å². The summed E-state index contributed by atoms with van der Waals surface area (Å²) in [5.41, 5.74) is 0.858. The van der Waals surface area contributed by atoms with Crippen LogP contribution in [0.4, 0.5) is 0 Å². The van der Waals surface area contributed by atoms with E-state index in [0.29, 0.717) is 5.56 Å². The van der Waals surface area contributed by atoms with Crippen LogP contribution in [-0.4, -0.2) is 93.2 Å². The van der Waals surface area contributed by atoms with Gasteiger partial charge in [0.05, 0.1) is 25.8 Å². The summed E-state index contributed by atoms with van der Waals surface area (Å²) in [6.45, 7) is -0.537. The van der Waals surface area contributed by atoms with E-state index in [2.05, 4.69) is 0 Å². The van der Waals surface area contributed by atoms with Crippen molar-refractivity contribution >= 4 is 23.0 Å². The van der Waals surface area contributed by atoms with E-state index in [1.165, 1.54) is 56.7 Å². The van der Waals surface area contributed by atoms with Crippen LogP contribution in [0.25, 0.3) is 28.4 Å². The van der Waals surface area contributed by atoms with Gasteiger partial charge in [-0.2, -0.15) is 0 Å². The van der Waals surface area contributed by atoms with Gasteiger partial charge >= 0.3 is 17.3 Å². The van der Waals surface area contributed by atoms with Crippen LogP contribution >= 0.6 is 0 Å². The molecule has 0 radical (unpaired) electrons. The molecule has 0 bridgehead atoms. The Morgan fingerprint density at radius 3 is 2.17 bits per heavy atom. The van der Waals surface area contributed by atoms with Crippen molar-refractivity contribution in [2.75, 3.05) is 20.8 Å². The SMILES string of the molecule is COc1cc(-c2[o+]c3cc(O)cc(O)c3cc2OC2OC(COC(=O)C=Cc3ccc(O)cc3)C(O)C(O)C2O)cc(OC)c1O.